The number of benzene rings is 2. The maximum absolute atomic E-state index is 13.0. The van der Waals surface area contributed by atoms with Crippen LogP contribution in [0.1, 0.15) is 29.6 Å². The first-order chi connectivity index (χ1) is 13.4. The normalized spacial score (nSPS) is 11.4. The topological polar surface area (TPSA) is 85.9 Å². The van der Waals surface area contributed by atoms with Crippen molar-refractivity contribution in [3.63, 3.8) is 0 Å². The van der Waals surface area contributed by atoms with Crippen LogP contribution in [0.3, 0.4) is 0 Å². The third-order valence-corrected chi connectivity index (χ3v) is 5.41. The summed E-state index contributed by atoms with van der Waals surface area (Å²) in [7, 11) is 0. The zero-order valence-corrected chi connectivity index (χ0v) is 17.0. The van der Waals surface area contributed by atoms with Gasteiger partial charge in [0.15, 0.2) is 5.78 Å². The van der Waals surface area contributed by atoms with E-state index in [9.17, 15) is 9.59 Å². The fourth-order valence-electron chi connectivity index (χ4n) is 3.42. The summed E-state index contributed by atoms with van der Waals surface area (Å²) in [6.07, 6.45) is 0.452. The van der Waals surface area contributed by atoms with Gasteiger partial charge in [0.25, 0.3) is 0 Å². The number of fused-ring (bicyclic) bond motifs is 2. The van der Waals surface area contributed by atoms with E-state index in [-0.39, 0.29) is 18.6 Å². The molecule has 2 heterocycles. The van der Waals surface area contributed by atoms with E-state index in [0.717, 1.165) is 32.0 Å². The van der Waals surface area contributed by atoms with Gasteiger partial charge < -0.3 is 15.1 Å². The van der Waals surface area contributed by atoms with Crippen molar-refractivity contribution in [3.05, 3.63) is 57.5 Å². The second-order valence-corrected chi connectivity index (χ2v) is 8.00. The Balaban J connectivity index is 1.83. The summed E-state index contributed by atoms with van der Waals surface area (Å²) < 4.78 is 0.904. The summed E-state index contributed by atoms with van der Waals surface area (Å²) in [6, 6.07) is 13.2. The molecular formula is C21H16BrClN2O3. The van der Waals surface area contributed by atoms with Crippen molar-refractivity contribution in [1.82, 2.24) is 9.97 Å². The molecule has 2 aromatic heterocycles. The van der Waals surface area contributed by atoms with Crippen LogP contribution >= 0.6 is 27.5 Å². The van der Waals surface area contributed by atoms with E-state index >= 15 is 0 Å². The molecule has 28 heavy (non-hydrogen) atoms. The molecule has 0 radical (unpaired) electrons. The zero-order valence-electron chi connectivity index (χ0n) is 14.7. The molecule has 0 unspecified atom stereocenters. The van der Waals surface area contributed by atoms with E-state index in [1.165, 1.54) is 0 Å². The van der Waals surface area contributed by atoms with Crippen LogP contribution in [-0.2, 0) is 4.79 Å². The van der Waals surface area contributed by atoms with Crippen molar-refractivity contribution >= 4 is 61.1 Å². The number of hydrogen-bond donors (Lipinski definition) is 3. The van der Waals surface area contributed by atoms with Crippen LogP contribution in [0, 0.1) is 0 Å². The highest BCUT2D eigenvalue weighted by Crippen LogP contribution is 2.34. The molecule has 5 nitrogen and oxygen atoms in total. The lowest BCUT2D eigenvalue weighted by Crippen LogP contribution is -2.03. The van der Waals surface area contributed by atoms with Crippen LogP contribution in [0.4, 0.5) is 0 Å². The number of carbonyl (C=O) groups is 2. The summed E-state index contributed by atoms with van der Waals surface area (Å²) in [4.78, 5) is 30.5. The van der Waals surface area contributed by atoms with Crippen LogP contribution in [0.15, 0.2) is 46.9 Å². The molecule has 0 aliphatic heterocycles. The third kappa shape index (κ3) is 3.57. The van der Waals surface area contributed by atoms with Crippen molar-refractivity contribution in [2.75, 3.05) is 0 Å². The predicted molar refractivity (Wildman–Crippen MR) is 114 cm³/mol. The number of Topliss-reactive ketones (excluding diaryl/α,β-unsaturated/α-hetero) is 1. The number of carboxylic acid groups (broad SMARTS) is 1. The van der Waals surface area contributed by atoms with E-state index < -0.39 is 5.97 Å². The van der Waals surface area contributed by atoms with E-state index in [1.54, 1.807) is 0 Å². The van der Waals surface area contributed by atoms with Crippen LogP contribution < -0.4 is 0 Å². The molecule has 4 rings (SSSR count). The van der Waals surface area contributed by atoms with Crippen LogP contribution in [-0.4, -0.2) is 26.8 Å². The van der Waals surface area contributed by atoms with Crippen molar-refractivity contribution in [1.29, 1.82) is 0 Å². The Morgan fingerprint density at radius 1 is 1.00 bits per heavy atom. The Morgan fingerprint density at radius 3 is 2.61 bits per heavy atom. The third-order valence-electron chi connectivity index (χ3n) is 4.69. The van der Waals surface area contributed by atoms with Gasteiger partial charge in [-0.2, -0.15) is 0 Å². The number of aromatic nitrogens is 2. The van der Waals surface area contributed by atoms with E-state index in [0.29, 0.717) is 22.7 Å². The molecule has 0 saturated heterocycles. The van der Waals surface area contributed by atoms with Crippen LogP contribution in [0.25, 0.3) is 33.2 Å². The largest absolute Gasteiger partial charge is 0.481 e. The smallest absolute Gasteiger partial charge is 0.303 e. The first-order valence-electron chi connectivity index (χ1n) is 8.77. The first kappa shape index (κ1) is 18.8. The molecule has 0 saturated carbocycles. The maximum Gasteiger partial charge on any atom is 0.303 e. The highest BCUT2D eigenvalue weighted by molar-refractivity contribution is 9.10. The minimum Gasteiger partial charge on any atom is -0.481 e. The van der Waals surface area contributed by atoms with Gasteiger partial charge in [0.1, 0.15) is 0 Å². The van der Waals surface area contributed by atoms with Gasteiger partial charge in [0, 0.05) is 44.1 Å². The SMILES string of the molecule is O=C(O)CCCC(=O)c1c(-c2cc3cc(Cl)ccc3[nH]2)[nH]c2cc(Br)ccc12. The molecule has 0 spiro atoms. The summed E-state index contributed by atoms with van der Waals surface area (Å²) in [5, 5.41) is 11.3. The fraction of sp³-hybridized carbons (Fsp3) is 0.143. The lowest BCUT2D eigenvalue weighted by molar-refractivity contribution is -0.137. The Kier molecular flexibility index (Phi) is 5.00. The average Bonchev–Trinajstić information content (AvgIpc) is 3.21. The number of carbonyl (C=O) groups excluding carboxylic acids is 1. The summed E-state index contributed by atoms with van der Waals surface area (Å²) >= 11 is 9.55. The summed E-state index contributed by atoms with van der Waals surface area (Å²) in [5.74, 6) is -0.982. The molecule has 142 valence electrons. The number of ketones is 1. The molecule has 2 aromatic carbocycles. The molecule has 0 fully saturated rings. The standard InChI is InChI=1S/C21H16BrClN2O3/c22-12-4-6-14-16(10-12)25-21(20(14)18(26)2-1-3-19(27)28)17-9-11-8-13(23)5-7-15(11)24-17/h4-10,24-25H,1-3H2,(H,27,28). The molecule has 0 aliphatic carbocycles. The van der Waals surface area contributed by atoms with Gasteiger partial charge in [-0.3, -0.25) is 9.59 Å². The highest BCUT2D eigenvalue weighted by Gasteiger charge is 2.21. The second kappa shape index (κ2) is 7.45. The van der Waals surface area contributed by atoms with Gasteiger partial charge in [-0.1, -0.05) is 33.6 Å². The van der Waals surface area contributed by atoms with E-state index in [4.69, 9.17) is 16.7 Å². The average molecular weight is 460 g/mol. The molecule has 0 amide bonds. The molecule has 3 N–H and O–H groups in total. The number of aliphatic carboxylic acids is 1. The number of H-pyrrole nitrogens is 2. The zero-order chi connectivity index (χ0) is 19.8. The first-order valence-corrected chi connectivity index (χ1v) is 9.94. The fourth-order valence-corrected chi connectivity index (χ4v) is 3.97. The number of aromatic amines is 2. The maximum atomic E-state index is 13.0. The van der Waals surface area contributed by atoms with Crippen molar-refractivity contribution < 1.29 is 14.7 Å². The monoisotopic (exact) mass is 458 g/mol. The van der Waals surface area contributed by atoms with Gasteiger partial charge >= 0.3 is 5.97 Å². The molecule has 0 bridgehead atoms. The van der Waals surface area contributed by atoms with E-state index in [1.807, 2.05) is 42.5 Å². The van der Waals surface area contributed by atoms with Gasteiger partial charge in [0.05, 0.1) is 17.0 Å². The molecule has 4 aromatic rings. The minimum atomic E-state index is -0.900. The lowest BCUT2D eigenvalue weighted by Gasteiger charge is -2.03. The number of nitrogens with one attached hydrogen (secondary N) is 2. The van der Waals surface area contributed by atoms with Gasteiger partial charge in [-0.15, -0.1) is 0 Å². The van der Waals surface area contributed by atoms with Gasteiger partial charge in [-0.05, 0) is 42.8 Å². The minimum absolute atomic E-state index is 0.0279. The number of hydrogen-bond acceptors (Lipinski definition) is 2. The summed E-state index contributed by atoms with van der Waals surface area (Å²) in [5.41, 5.74) is 3.81. The Bertz CT molecular complexity index is 1230. The Morgan fingerprint density at radius 2 is 1.82 bits per heavy atom. The van der Waals surface area contributed by atoms with Crippen molar-refractivity contribution in [2.24, 2.45) is 0 Å². The molecular weight excluding hydrogens is 444 g/mol. The molecule has 0 aliphatic rings. The number of halogens is 2. The molecule has 7 heteroatoms. The number of carboxylic acids is 1. The van der Waals surface area contributed by atoms with Crippen molar-refractivity contribution in [2.45, 2.75) is 19.3 Å². The second-order valence-electron chi connectivity index (χ2n) is 6.65. The van der Waals surface area contributed by atoms with Crippen LogP contribution in [0.2, 0.25) is 5.02 Å². The van der Waals surface area contributed by atoms with Crippen LogP contribution in [0.5, 0.6) is 0 Å². The number of rotatable bonds is 6. The predicted octanol–water partition coefficient (Wildman–Crippen LogP) is 6.17. The Labute approximate surface area is 173 Å². The quantitative estimate of drug-likeness (QED) is 0.301. The molecule has 0 atom stereocenters. The van der Waals surface area contributed by atoms with Gasteiger partial charge in [-0.25, -0.2) is 0 Å². The van der Waals surface area contributed by atoms with Gasteiger partial charge in [0.2, 0.25) is 0 Å². The lowest BCUT2D eigenvalue weighted by atomic mass is 10.0. The van der Waals surface area contributed by atoms with E-state index in [2.05, 4.69) is 25.9 Å². The highest BCUT2D eigenvalue weighted by atomic mass is 79.9. The summed E-state index contributed by atoms with van der Waals surface area (Å²) in [6.45, 7) is 0. The Hall–Kier alpha value is -2.57. The van der Waals surface area contributed by atoms with Crippen molar-refractivity contribution in [3.8, 4) is 11.4 Å².